The van der Waals surface area contributed by atoms with Crippen molar-refractivity contribution in [1.82, 2.24) is 5.06 Å². The molecular weight excluding hydrogens is 206 g/mol. The molecule has 1 aliphatic heterocycles. The average molecular weight is 221 g/mol. The standard InChI is InChI=1S/C12H15NO3/c14-12(13-8-4-5-9-16-13)15-10-11-6-2-1-3-7-11/h1-3,6-7H,4-5,8-10H2. The van der Waals surface area contributed by atoms with E-state index in [1.54, 1.807) is 0 Å². The fourth-order valence-corrected chi connectivity index (χ4v) is 1.53. The summed E-state index contributed by atoms with van der Waals surface area (Å²) in [5, 5.41) is 1.30. The normalized spacial score (nSPS) is 15.9. The van der Waals surface area contributed by atoms with Crippen molar-refractivity contribution < 1.29 is 14.4 Å². The molecule has 0 unspecified atom stereocenters. The molecule has 0 aliphatic carbocycles. The second kappa shape index (κ2) is 5.51. The Kier molecular flexibility index (Phi) is 3.77. The van der Waals surface area contributed by atoms with Crippen LogP contribution >= 0.6 is 0 Å². The number of hydrogen-bond donors (Lipinski definition) is 0. The number of amides is 1. The Morgan fingerprint density at radius 1 is 1.31 bits per heavy atom. The highest BCUT2D eigenvalue weighted by molar-refractivity contribution is 5.66. The third-order valence-corrected chi connectivity index (χ3v) is 2.41. The van der Waals surface area contributed by atoms with Crippen LogP contribution in [0.25, 0.3) is 0 Å². The van der Waals surface area contributed by atoms with Crippen LogP contribution in [0.2, 0.25) is 0 Å². The average Bonchev–Trinajstić information content (AvgIpc) is 2.38. The van der Waals surface area contributed by atoms with Gasteiger partial charge in [-0.05, 0) is 18.4 Å². The number of nitrogens with zero attached hydrogens (tertiary/aromatic N) is 1. The Morgan fingerprint density at radius 3 is 2.81 bits per heavy atom. The van der Waals surface area contributed by atoms with Gasteiger partial charge in [-0.2, -0.15) is 5.06 Å². The first kappa shape index (κ1) is 11.0. The highest BCUT2D eigenvalue weighted by atomic mass is 16.7. The van der Waals surface area contributed by atoms with E-state index in [4.69, 9.17) is 9.57 Å². The fraction of sp³-hybridized carbons (Fsp3) is 0.417. The zero-order chi connectivity index (χ0) is 11.2. The smallest absolute Gasteiger partial charge is 0.434 e. The van der Waals surface area contributed by atoms with E-state index < -0.39 is 6.09 Å². The summed E-state index contributed by atoms with van der Waals surface area (Å²) in [6.07, 6.45) is 1.58. The quantitative estimate of drug-likeness (QED) is 0.769. The molecule has 0 atom stereocenters. The van der Waals surface area contributed by atoms with Crippen LogP contribution in [0.3, 0.4) is 0 Å². The SMILES string of the molecule is O=C(OCc1ccccc1)N1CCCCO1. The molecule has 1 amide bonds. The summed E-state index contributed by atoms with van der Waals surface area (Å²) in [6, 6.07) is 9.61. The first-order valence-corrected chi connectivity index (χ1v) is 5.47. The van der Waals surface area contributed by atoms with Crippen molar-refractivity contribution in [2.45, 2.75) is 19.4 Å². The van der Waals surface area contributed by atoms with E-state index in [-0.39, 0.29) is 0 Å². The van der Waals surface area contributed by atoms with Crippen LogP contribution in [0.5, 0.6) is 0 Å². The van der Waals surface area contributed by atoms with Crippen LogP contribution in [-0.4, -0.2) is 24.3 Å². The van der Waals surface area contributed by atoms with Crippen LogP contribution in [0.4, 0.5) is 4.79 Å². The maximum atomic E-state index is 11.6. The molecule has 86 valence electrons. The van der Waals surface area contributed by atoms with Crippen molar-refractivity contribution in [2.75, 3.05) is 13.2 Å². The van der Waals surface area contributed by atoms with Crippen molar-refractivity contribution in [3.63, 3.8) is 0 Å². The molecule has 1 heterocycles. The second-order valence-electron chi connectivity index (χ2n) is 3.68. The summed E-state index contributed by atoms with van der Waals surface area (Å²) in [5.74, 6) is 0. The number of benzene rings is 1. The van der Waals surface area contributed by atoms with Gasteiger partial charge >= 0.3 is 6.09 Å². The van der Waals surface area contributed by atoms with Crippen molar-refractivity contribution in [3.05, 3.63) is 35.9 Å². The fourth-order valence-electron chi connectivity index (χ4n) is 1.53. The summed E-state index contributed by atoms with van der Waals surface area (Å²) in [7, 11) is 0. The van der Waals surface area contributed by atoms with Gasteiger partial charge in [-0.3, -0.25) is 4.84 Å². The number of rotatable bonds is 2. The Balaban J connectivity index is 1.79. The highest BCUT2D eigenvalue weighted by Crippen LogP contribution is 2.09. The van der Waals surface area contributed by atoms with E-state index in [1.807, 2.05) is 30.3 Å². The zero-order valence-electron chi connectivity index (χ0n) is 9.09. The monoisotopic (exact) mass is 221 g/mol. The number of hydroxylamine groups is 2. The lowest BCUT2D eigenvalue weighted by Gasteiger charge is -2.24. The molecule has 1 aliphatic rings. The predicted molar refractivity (Wildman–Crippen MR) is 58.5 cm³/mol. The van der Waals surface area contributed by atoms with Gasteiger partial charge in [0, 0.05) is 0 Å². The summed E-state index contributed by atoms with van der Waals surface area (Å²) in [5.41, 5.74) is 0.979. The summed E-state index contributed by atoms with van der Waals surface area (Å²) < 4.78 is 5.13. The number of carbonyl (C=O) groups excluding carboxylic acids is 1. The second-order valence-corrected chi connectivity index (χ2v) is 3.68. The Labute approximate surface area is 94.7 Å². The van der Waals surface area contributed by atoms with E-state index in [1.165, 1.54) is 5.06 Å². The molecule has 0 radical (unpaired) electrons. The van der Waals surface area contributed by atoms with Gasteiger partial charge in [0.25, 0.3) is 0 Å². The van der Waals surface area contributed by atoms with E-state index in [0.717, 1.165) is 18.4 Å². The van der Waals surface area contributed by atoms with Crippen molar-refractivity contribution in [2.24, 2.45) is 0 Å². The van der Waals surface area contributed by atoms with E-state index >= 15 is 0 Å². The van der Waals surface area contributed by atoms with Crippen molar-refractivity contribution in [1.29, 1.82) is 0 Å². The summed E-state index contributed by atoms with van der Waals surface area (Å²) in [4.78, 5) is 16.7. The largest absolute Gasteiger partial charge is 0.443 e. The molecule has 1 aromatic rings. The van der Waals surface area contributed by atoms with E-state index in [0.29, 0.717) is 19.8 Å². The molecule has 0 N–H and O–H groups in total. The van der Waals surface area contributed by atoms with Gasteiger partial charge in [-0.1, -0.05) is 30.3 Å². The first-order valence-electron chi connectivity index (χ1n) is 5.47. The lowest BCUT2D eigenvalue weighted by molar-refractivity contribution is -0.157. The third kappa shape index (κ3) is 2.97. The van der Waals surface area contributed by atoms with Gasteiger partial charge in [0.05, 0.1) is 13.2 Å². The summed E-state index contributed by atoms with van der Waals surface area (Å²) in [6.45, 7) is 1.51. The maximum Gasteiger partial charge on any atom is 0.434 e. The van der Waals surface area contributed by atoms with Crippen LogP contribution in [0.15, 0.2) is 30.3 Å². The first-order chi connectivity index (χ1) is 7.86. The molecule has 0 saturated carbocycles. The van der Waals surface area contributed by atoms with Crippen LogP contribution < -0.4 is 0 Å². The van der Waals surface area contributed by atoms with Gasteiger partial charge in [-0.25, -0.2) is 4.79 Å². The van der Waals surface area contributed by atoms with E-state index in [9.17, 15) is 4.79 Å². The summed E-state index contributed by atoms with van der Waals surface area (Å²) >= 11 is 0. The van der Waals surface area contributed by atoms with Crippen LogP contribution in [0.1, 0.15) is 18.4 Å². The molecule has 2 rings (SSSR count). The maximum absolute atomic E-state index is 11.6. The van der Waals surface area contributed by atoms with Gasteiger partial charge in [0.2, 0.25) is 0 Å². The molecule has 16 heavy (non-hydrogen) atoms. The predicted octanol–water partition coefficient (Wildman–Crippen LogP) is 2.35. The lowest BCUT2D eigenvalue weighted by Crippen LogP contribution is -2.36. The molecule has 4 nitrogen and oxygen atoms in total. The van der Waals surface area contributed by atoms with Crippen LogP contribution in [-0.2, 0) is 16.2 Å². The number of carbonyl (C=O) groups is 1. The Bertz CT molecular complexity index is 333. The Morgan fingerprint density at radius 2 is 2.12 bits per heavy atom. The minimum atomic E-state index is -0.399. The minimum Gasteiger partial charge on any atom is -0.443 e. The topological polar surface area (TPSA) is 38.8 Å². The lowest BCUT2D eigenvalue weighted by atomic mass is 10.2. The molecule has 0 bridgehead atoms. The molecule has 1 saturated heterocycles. The van der Waals surface area contributed by atoms with Crippen molar-refractivity contribution in [3.8, 4) is 0 Å². The highest BCUT2D eigenvalue weighted by Gasteiger charge is 2.18. The molecule has 1 fully saturated rings. The number of hydrogen-bond acceptors (Lipinski definition) is 3. The van der Waals surface area contributed by atoms with Crippen LogP contribution in [0, 0.1) is 0 Å². The van der Waals surface area contributed by atoms with Gasteiger partial charge in [0.1, 0.15) is 6.61 Å². The minimum absolute atomic E-state index is 0.291. The Hall–Kier alpha value is -1.55. The molecular formula is C12H15NO3. The number of ether oxygens (including phenoxy) is 1. The molecule has 0 aromatic heterocycles. The van der Waals surface area contributed by atoms with Gasteiger partial charge < -0.3 is 4.74 Å². The van der Waals surface area contributed by atoms with Gasteiger partial charge in [0.15, 0.2) is 0 Å². The molecule has 0 spiro atoms. The zero-order valence-corrected chi connectivity index (χ0v) is 9.09. The van der Waals surface area contributed by atoms with Crippen molar-refractivity contribution >= 4 is 6.09 Å². The van der Waals surface area contributed by atoms with E-state index in [2.05, 4.69) is 0 Å². The third-order valence-electron chi connectivity index (χ3n) is 2.41. The van der Waals surface area contributed by atoms with Gasteiger partial charge in [-0.15, -0.1) is 0 Å². The molecule has 1 aromatic carbocycles. The molecule has 4 heteroatoms.